The molecule has 3 heterocycles. The summed E-state index contributed by atoms with van der Waals surface area (Å²) in [6.45, 7) is 10.6. The molecule has 3 aliphatic rings. The molecule has 2 atom stereocenters. The number of hydrogen-bond donors (Lipinski definition) is 0. The molecule has 2 bridgehead atoms. The van der Waals surface area contributed by atoms with Crippen LogP contribution in [0, 0.1) is 0 Å². The van der Waals surface area contributed by atoms with Gasteiger partial charge in [-0.05, 0) is 26.9 Å². The van der Waals surface area contributed by atoms with Crippen LogP contribution < -0.4 is 0 Å². The second-order valence-corrected chi connectivity index (χ2v) is 4.12. The summed E-state index contributed by atoms with van der Waals surface area (Å²) in [5.74, 6) is 0. The molecule has 92 valence electrons. The van der Waals surface area contributed by atoms with E-state index >= 15 is 0 Å². The molecule has 0 saturated carbocycles. The van der Waals surface area contributed by atoms with Gasteiger partial charge in [-0.2, -0.15) is 0 Å². The average Bonchev–Trinajstić information content (AvgIpc) is 2.57. The Morgan fingerprint density at radius 1 is 0.733 bits per heavy atom. The smallest absolute Gasteiger partial charge is 0.0220 e. The number of likely N-dealkylation sites (N-methyl/N-ethyl adjacent to an activating group) is 2. The van der Waals surface area contributed by atoms with Crippen LogP contribution in [0.1, 0.15) is 47.0 Å². The molecule has 2 heteroatoms. The molecular formula is C13H30N2. The van der Waals surface area contributed by atoms with Crippen LogP contribution in [-0.2, 0) is 0 Å². The lowest BCUT2D eigenvalue weighted by molar-refractivity contribution is 0.0803. The van der Waals surface area contributed by atoms with E-state index < -0.39 is 0 Å². The number of fused-ring (bicyclic) bond motifs is 4. The third-order valence-electron chi connectivity index (χ3n) is 3.32. The molecule has 0 spiro atoms. The first kappa shape index (κ1) is 14.9. The lowest BCUT2D eigenvalue weighted by atomic mass is 10.1. The van der Waals surface area contributed by atoms with Gasteiger partial charge in [0.05, 0.1) is 0 Å². The van der Waals surface area contributed by atoms with Gasteiger partial charge in [-0.15, -0.1) is 0 Å². The Kier molecular flexibility index (Phi) is 8.07. The molecule has 2 nitrogen and oxygen atoms in total. The quantitative estimate of drug-likeness (QED) is 0.612. The van der Waals surface area contributed by atoms with E-state index in [1.54, 1.807) is 0 Å². The fourth-order valence-electron chi connectivity index (χ4n) is 2.45. The maximum absolute atomic E-state index is 2.54. The van der Waals surface area contributed by atoms with E-state index in [1.165, 1.54) is 32.4 Å². The Morgan fingerprint density at radius 2 is 1.07 bits per heavy atom. The lowest BCUT2D eigenvalue weighted by Gasteiger charge is -2.40. The van der Waals surface area contributed by atoms with Gasteiger partial charge in [-0.25, -0.2) is 0 Å². The van der Waals surface area contributed by atoms with Crippen molar-refractivity contribution >= 4 is 0 Å². The topological polar surface area (TPSA) is 6.48 Å². The number of nitrogens with zero attached hydrogens (tertiary/aromatic N) is 2. The van der Waals surface area contributed by atoms with Crippen LogP contribution in [0.2, 0.25) is 0 Å². The van der Waals surface area contributed by atoms with E-state index in [9.17, 15) is 0 Å². The van der Waals surface area contributed by atoms with Crippen LogP contribution in [0.25, 0.3) is 0 Å². The van der Waals surface area contributed by atoms with Crippen LogP contribution in [0.4, 0.5) is 0 Å². The average molecular weight is 214 g/mol. The summed E-state index contributed by atoms with van der Waals surface area (Å²) in [5.41, 5.74) is 0. The van der Waals surface area contributed by atoms with Gasteiger partial charge in [-0.1, -0.05) is 34.1 Å². The summed E-state index contributed by atoms with van der Waals surface area (Å²) in [7, 11) is 4.55. The van der Waals surface area contributed by atoms with E-state index in [4.69, 9.17) is 0 Å². The van der Waals surface area contributed by atoms with Crippen molar-refractivity contribution in [3.63, 3.8) is 0 Å². The van der Waals surface area contributed by atoms with Crippen molar-refractivity contribution in [3.8, 4) is 0 Å². The SMILES string of the molecule is CC.CC.CN1CC2CCCC1CN2C. The van der Waals surface area contributed by atoms with Crippen LogP contribution in [0.5, 0.6) is 0 Å². The third kappa shape index (κ3) is 4.12. The minimum atomic E-state index is 0.846. The Bertz CT molecular complexity index is 131. The Labute approximate surface area is 96.6 Å². The molecule has 0 aromatic rings. The first-order valence-corrected chi connectivity index (χ1v) is 6.68. The van der Waals surface area contributed by atoms with E-state index in [-0.39, 0.29) is 0 Å². The van der Waals surface area contributed by atoms with Crippen molar-refractivity contribution in [2.45, 2.75) is 59.0 Å². The van der Waals surface area contributed by atoms with Crippen molar-refractivity contribution in [2.75, 3.05) is 27.2 Å². The van der Waals surface area contributed by atoms with Gasteiger partial charge in [-0.3, -0.25) is 0 Å². The van der Waals surface area contributed by atoms with E-state index in [2.05, 4.69) is 23.9 Å². The fraction of sp³-hybridized carbons (Fsp3) is 1.00. The molecule has 0 N–H and O–H groups in total. The Hall–Kier alpha value is -0.0800. The lowest BCUT2D eigenvalue weighted by Crippen LogP contribution is -2.53. The van der Waals surface area contributed by atoms with Crippen LogP contribution in [0.15, 0.2) is 0 Å². The fourth-order valence-corrected chi connectivity index (χ4v) is 2.45. The molecular weight excluding hydrogens is 184 g/mol. The molecule has 0 amide bonds. The molecule has 15 heavy (non-hydrogen) atoms. The second kappa shape index (κ2) is 8.12. The van der Waals surface area contributed by atoms with Crippen LogP contribution >= 0.6 is 0 Å². The molecule has 3 aliphatic heterocycles. The normalized spacial score (nSPS) is 30.8. The van der Waals surface area contributed by atoms with E-state index in [0.29, 0.717) is 0 Å². The first-order valence-electron chi connectivity index (χ1n) is 6.68. The van der Waals surface area contributed by atoms with Gasteiger partial charge in [0.1, 0.15) is 0 Å². The van der Waals surface area contributed by atoms with Gasteiger partial charge in [0.15, 0.2) is 0 Å². The maximum atomic E-state index is 2.54. The predicted molar refractivity (Wildman–Crippen MR) is 69.4 cm³/mol. The van der Waals surface area contributed by atoms with Gasteiger partial charge < -0.3 is 9.80 Å². The first-order chi connectivity index (χ1) is 7.27. The molecule has 0 aromatic heterocycles. The van der Waals surface area contributed by atoms with Gasteiger partial charge in [0.2, 0.25) is 0 Å². The van der Waals surface area contributed by atoms with Gasteiger partial charge >= 0.3 is 0 Å². The van der Waals surface area contributed by atoms with E-state index in [1.807, 2.05) is 27.7 Å². The summed E-state index contributed by atoms with van der Waals surface area (Å²) in [6, 6.07) is 1.69. The molecule has 0 aliphatic carbocycles. The highest BCUT2D eigenvalue weighted by Gasteiger charge is 2.32. The minimum absolute atomic E-state index is 0.846. The van der Waals surface area contributed by atoms with Crippen molar-refractivity contribution in [1.82, 2.24) is 9.80 Å². The van der Waals surface area contributed by atoms with Crippen molar-refractivity contribution < 1.29 is 0 Å². The van der Waals surface area contributed by atoms with E-state index in [0.717, 1.165) is 12.1 Å². The van der Waals surface area contributed by atoms with Crippen molar-refractivity contribution in [2.24, 2.45) is 0 Å². The van der Waals surface area contributed by atoms with Crippen LogP contribution in [-0.4, -0.2) is 49.1 Å². The highest BCUT2D eigenvalue weighted by atomic mass is 15.3. The molecule has 0 aromatic carbocycles. The number of piperazine rings is 1. The zero-order valence-electron chi connectivity index (χ0n) is 11.6. The standard InChI is InChI=1S/C9H18N2.2C2H6/c1-10-6-9-5-3-4-8(10)7-11(9)2;2*1-2/h8-9H,3-7H2,1-2H3;2*1-2H3. The number of hydrogen-bond acceptors (Lipinski definition) is 2. The zero-order chi connectivity index (χ0) is 11.8. The maximum Gasteiger partial charge on any atom is 0.0220 e. The molecule has 3 rings (SSSR count). The summed E-state index contributed by atoms with van der Waals surface area (Å²) >= 11 is 0. The monoisotopic (exact) mass is 214 g/mol. The highest BCUT2D eigenvalue weighted by molar-refractivity contribution is 4.89. The van der Waals surface area contributed by atoms with Gasteiger partial charge in [0.25, 0.3) is 0 Å². The molecule has 0 radical (unpaired) electrons. The predicted octanol–water partition coefficient (Wildman–Crippen LogP) is 2.84. The highest BCUT2D eigenvalue weighted by Crippen LogP contribution is 2.24. The van der Waals surface area contributed by atoms with Crippen molar-refractivity contribution in [3.05, 3.63) is 0 Å². The third-order valence-corrected chi connectivity index (χ3v) is 3.32. The summed E-state index contributed by atoms with van der Waals surface area (Å²) in [6.07, 6.45) is 4.26. The molecule has 2 unspecified atom stereocenters. The summed E-state index contributed by atoms with van der Waals surface area (Å²) in [5, 5.41) is 0. The minimum Gasteiger partial charge on any atom is -0.301 e. The number of rotatable bonds is 0. The Morgan fingerprint density at radius 3 is 1.40 bits per heavy atom. The van der Waals surface area contributed by atoms with Crippen molar-refractivity contribution in [1.29, 1.82) is 0 Å². The summed E-state index contributed by atoms with van der Waals surface area (Å²) in [4.78, 5) is 5.08. The largest absolute Gasteiger partial charge is 0.301 e. The zero-order valence-corrected chi connectivity index (χ0v) is 11.6. The molecule has 3 fully saturated rings. The second-order valence-electron chi connectivity index (χ2n) is 4.12. The Balaban J connectivity index is 0.000000442. The summed E-state index contributed by atoms with van der Waals surface area (Å²) < 4.78 is 0. The van der Waals surface area contributed by atoms with Crippen LogP contribution in [0.3, 0.4) is 0 Å². The van der Waals surface area contributed by atoms with Gasteiger partial charge in [0, 0.05) is 25.2 Å². The molecule has 3 saturated heterocycles.